The van der Waals surface area contributed by atoms with Crippen molar-refractivity contribution in [3.63, 3.8) is 0 Å². The van der Waals surface area contributed by atoms with E-state index in [9.17, 15) is 14.4 Å². The maximum absolute atomic E-state index is 12.9. The van der Waals surface area contributed by atoms with E-state index in [0.717, 1.165) is 29.5 Å². The molecule has 0 spiro atoms. The average Bonchev–Trinajstić information content (AvgIpc) is 2.87. The number of aryl methyl sites for hydroxylation is 1. The molecule has 2 amide bonds. The molecule has 0 aromatic heterocycles. The van der Waals surface area contributed by atoms with Gasteiger partial charge in [0, 0.05) is 38.0 Å². The molecule has 0 N–H and O–H groups in total. The van der Waals surface area contributed by atoms with Crippen LogP contribution in [-0.4, -0.2) is 65.7 Å². The van der Waals surface area contributed by atoms with Crippen molar-refractivity contribution in [2.24, 2.45) is 0 Å². The highest BCUT2D eigenvalue weighted by Gasteiger charge is 2.35. The van der Waals surface area contributed by atoms with Gasteiger partial charge in [0.25, 0.3) is 0 Å². The van der Waals surface area contributed by atoms with Crippen molar-refractivity contribution in [1.82, 2.24) is 9.80 Å². The first-order valence-corrected chi connectivity index (χ1v) is 12.9. The number of fused-ring (bicyclic) bond motifs is 1. The highest BCUT2D eigenvalue weighted by molar-refractivity contribution is 5.98. The van der Waals surface area contributed by atoms with Crippen LogP contribution in [0.1, 0.15) is 61.5 Å². The second-order valence-electron chi connectivity index (χ2n) is 10.5. The lowest BCUT2D eigenvalue weighted by atomic mass is 9.90. The summed E-state index contributed by atoms with van der Waals surface area (Å²) in [7, 11) is 0. The summed E-state index contributed by atoms with van der Waals surface area (Å²) < 4.78 is 17.2. The summed E-state index contributed by atoms with van der Waals surface area (Å²) in [5.41, 5.74) is 2.10. The SMILES string of the molecule is CC(C)(C)OC(=O)N1CCN(C(=O)OCc2ccccc2)C[C@H]1CCOc1ccc2c(c1)CCCC2=O. The van der Waals surface area contributed by atoms with Crippen molar-refractivity contribution < 1.29 is 28.6 Å². The molecule has 1 aliphatic carbocycles. The summed E-state index contributed by atoms with van der Waals surface area (Å²) in [4.78, 5) is 41.1. The summed E-state index contributed by atoms with van der Waals surface area (Å²) in [6.07, 6.45) is 2.03. The lowest BCUT2D eigenvalue weighted by molar-refractivity contribution is -0.00614. The Bertz CT molecular complexity index is 1110. The van der Waals surface area contributed by atoms with Gasteiger partial charge < -0.3 is 24.0 Å². The number of carbonyl (C=O) groups is 3. The molecular weight excluding hydrogens is 472 g/mol. The Kier molecular flexibility index (Phi) is 8.36. The Balaban J connectivity index is 1.38. The molecule has 1 atom stereocenters. The van der Waals surface area contributed by atoms with Crippen LogP contribution >= 0.6 is 0 Å². The normalized spacial score (nSPS) is 17.7. The van der Waals surface area contributed by atoms with Crippen LogP contribution < -0.4 is 4.74 Å². The second kappa shape index (κ2) is 11.7. The molecule has 1 heterocycles. The summed E-state index contributed by atoms with van der Waals surface area (Å²) in [6, 6.07) is 14.8. The van der Waals surface area contributed by atoms with E-state index in [-0.39, 0.29) is 18.4 Å². The Morgan fingerprint density at radius 2 is 1.78 bits per heavy atom. The van der Waals surface area contributed by atoms with E-state index in [1.54, 1.807) is 9.80 Å². The number of carbonyl (C=O) groups excluding carboxylic acids is 3. The summed E-state index contributed by atoms with van der Waals surface area (Å²) in [5, 5.41) is 0. The van der Waals surface area contributed by atoms with Crippen molar-refractivity contribution in [3.05, 3.63) is 65.2 Å². The zero-order valence-corrected chi connectivity index (χ0v) is 21.9. The van der Waals surface area contributed by atoms with Gasteiger partial charge in [-0.2, -0.15) is 0 Å². The van der Waals surface area contributed by atoms with Crippen LogP contribution in [0, 0.1) is 0 Å². The zero-order valence-electron chi connectivity index (χ0n) is 21.9. The number of nitrogens with zero attached hydrogens (tertiary/aromatic N) is 2. The maximum atomic E-state index is 12.9. The molecule has 0 bridgehead atoms. The van der Waals surface area contributed by atoms with Gasteiger partial charge in [0.2, 0.25) is 0 Å². The van der Waals surface area contributed by atoms with Crippen molar-refractivity contribution in [2.45, 2.75) is 64.7 Å². The molecule has 8 heteroatoms. The number of benzene rings is 2. The maximum Gasteiger partial charge on any atom is 0.410 e. The third-order valence-corrected chi connectivity index (χ3v) is 6.52. The first-order valence-electron chi connectivity index (χ1n) is 12.9. The molecular formula is C29H36N2O6. The molecule has 198 valence electrons. The number of hydrogen-bond acceptors (Lipinski definition) is 6. The minimum absolute atomic E-state index is 0.183. The fourth-order valence-corrected chi connectivity index (χ4v) is 4.67. The highest BCUT2D eigenvalue weighted by Crippen LogP contribution is 2.26. The lowest BCUT2D eigenvalue weighted by Crippen LogP contribution is -2.57. The molecule has 37 heavy (non-hydrogen) atoms. The van der Waals surface area contributed by atoms with Gasteiger partial charge in [-0.25, -0.2) is 9.59 Å². The topological polar surface area (TPSA) is 85.4 Å². The van der Waals surface area contributed by atoms with E-state index < -0.39 is 17.8 Å². The fourth-order valence-electron chi connectivity index (χ4n) is 4.67. The van der Waals surface area contributed by atoms with Crippen LogP contribution in [0.3, 0.4) is 0 Å². The van der Waals surface area contributed by atoms with E-state index in [2.05, 4.69) is 0 Å². The number of piperazine rings is 1. The Hall–Kier alpha value is -3.55. The van der Waals surface area contributed by atoms with E-state index in [0.29, 0.717) is 44.8 Å². The highest BCUT2D eigenvalue weighted by atomic mass is 16.6. The predicted octanol–water partition coefficient (Wildman–Crippen LogP) is 5.23. The Labute approximate surface area is 218 Å². The van der Waals surface area contributed by atoms with E-state index in [4.69, 9.17) is 14.2 Å². The number of ketones is 1. The lowest BCUT2D eigenvalue weighted by Gasteiger charge is -2.41. The van der Waals surface area contributed by atoms with Gasteiger partial charge in [-0.1, -0.05) is 30.3 Å². The van der Waals surface area contributed by atoms with Crippen molar-refractivity contribution in [1.29, 1.82) is 0 Å². The molecule has 1 saturated heterocycles. The van der Waals surface area contributed by atoms with Gasteiger partial charge >= 0.3 is 12.2 Å². The third-order valence-electron chi connectivity index (χ3n) is 6.52. The smallest absolute Gasteiger partial charge is 0.410 e. The van der Waals surface area contributed by atoms with Crippen LogP contribution in [-0.2, 0) is 22.5 Å². The number of amides is 2. The molecule has 2 aromatic carbocycles. The predicted molar refractivity (Wildman–Crippen MR) is 139 cm³/mol. The summed E-state index contributed by atoms with van der Waals surface area (Å²) in [5.74, 6) is 0.884. The van der Waals surface area contributed by atoms with Crippen LogP contribution in [0.5, 0.6) is 5.75 Å². The fraction of sp³-hybridized carbons (Fsp3) is 0.483. The number of rotatable bonds is 6. The third kappa shape index (κ3) is 7.24. The first-order chi connectivity index (χ1) is 17.7. The van der Waals surface area contributed by atoms with Crippen LogP contribution in [0.4, 0.5) is 9.59 Å². The first kappa shape index (κ1) is 26.5. The minimum atomic E-state index is -0.621. The van der Waals surface area contributed by atoms with Crippen molar-refractivity contribution >= 4 is 18.0 Å². The summed E-state index contributed by atoms with van der Waals surface area (Å²) in [6.45, 7) is 7.09. The van der Waals surface area contributed by atoms with E-state index in [1.807, 2.05) is 69.3 Å². The van der Waals surface area contributed by atoms with Crippen molar-refractivity contribution in [3.8, 4) is 5.75 Å². The van der Waals surface area contributed by atoms with Crippen LogP contribution in [0.2, 0.25) is 0 Å². The van der Waals surface area contributed by atoms with Gasteiger partial charge in [-0.05, 0) is 62.9 Å². The molecule has 8 nitrogen and oxygen atoms in total. The Morgan fingerprint density at radius 3 is 2.54 bits per heavy atom. The average molecular weight is 509 g/mol. The molecule has 4 rings (SSSR count). The molecule has 0 radical (unpaired) electrons. The molecule has 2 aliphatic rings. The monoisotopic (exact) mass is 508 g/mol. The van der Waals surface area contributed by atoms with Crippen LogP contribution in [0.15, 0.2) is 48.5 Å². The molecule has 2 aromatic rings. The standard InChI is InChI=1S/C29H36N2O6/c1-29(2,3)37-28(34)31-16-15-30(27(33)36-20-21-8-5-4-6-9-21)19-23(31)14-17-35-24-12-13-25-22(18-24)10-7-11-26(25)32/h4-6,8-9,12-13,18,23H,7,10-11,14-17,19-20H2,1-3H3/t23-/m1/s1. The Morgan fingerprint density at radius 1 is 1.00 bits per heavy atom. The van der Waals surface area contributed by atoms with Gasteiger partial charge in [-0.15, -0.1) is 0 Å². The molecule has 1 fully saturated rings. The number of hydrogen-bond donors (Lipinski definition) is 0. The van der Waals surface area contributed by atoms with E-state index >= 15 is 0 Å². The van der Waals surface area contributed by atoms with Gasteiger partial charge in [0.05, 0.1) is 12.6 Å². The molecule has 0 unspecified atom stereocenters. The number of Topliss-reactive ketones (excluding diaryl/α,β-unsaturated/α-hetero) is 1. The van der Waals surface area contributed by atoms with Crippen LogP contribution in [0.25, 0.3) is 0 Å². The minimum Gasteiger partial charge on any atom is -0.494 e. The second-order valence-corrected chi connectivity index (χ2v) is 10.5. The molecule has 1 aliphatic heterocycles. The van der Waals surface area contributed by atoms with Gasteiger partial charge in [0.15, 0.2) is 5.78 Å². The van der Waals surface area contributed by atoms with Gasteiger partial charge in [-0.3, -0.25) is 4.79 Å². The van der Waals surface area contributed by atoms with Gasteiger partial charge in [0.1, 0.15) is 18.0 Å². The largest absolute Gasteiger partial charge is 0.494 e. The van der Waals surface area contributed by atoms with E-state index in [1.165, 1.54) is 0 Å². The number of ether oxygens (including phenoxy) is 3. The zero-order chi connectivity index (χ0) is 26.4. The quantitative estimate of drug-likeness (QED) is 0.531. The van der Waals surface area contributed by atoms with Crippen molar-refractivity contribution in [2.75, 3.05) is 26.2 Å². The summed E-state index contributed by atoms with van der Waals surface area (Å²) >= 11 is 0. The molecule has 0 saturated carbocycles.